The van der Waals surface area contributed by atoms with Crippen LogP contribution in [0.2, 0.25) is 19.6 Å². The Hall–Kier alpha value is -0.683. The Morgan fingerprint density at radius 1 is 1.24 bits per heavy atom. The third-order valence-corrected chi connectivity index (χ3v) is 4.89. The fourth-order valence-electron chi connectivity index (χ4n) is 2.78. The van der Waals surface area contributed by atoms with E-state index in [1.54, 1.807) is 0 Å². The molecule has 21 heavy (non-hydrogen) atoms. The summed E-state index contributed by atoms with van der Waals surface area (Å²) < 4.78 is 5.94. The highest BCUT2D eigenvalue weighted by atomic mass is 28.4. The minimum atomic E-state index is -1.34. The summed E-state index contributed by atoms with van der Waals surface area (Å²) in [5.74, 6) is 0. The van der Waals surface area contributed by atoms with E-state index in [1.165, 1.54) is 18.4 Å². The Balaban J connectivity index is 1.69. The zero-order chi connectivity index (χ0) is 15.1. The van der Waals surface area contributed by atoms with Crippen molar-refractivity contribution < 1.29 is 4.43 Å². The van der Waals surface area contributed by atoms with E-state index in [-0.39, 0.29) is 0 Å². The maximum absolute atomic E-state index is 5.94. The maximum atomic E-state index is 5.94. The van der Waals surface area contributed by atoms with Crippen LogP contribution in [0.15, 0.2) is 30.3 Å². The second-order valence-electron chi connectivity index (χ2n) is 6.97. The number of hydrogen-bond donors (Lipinski definition) is 1. The molecule has 0 unspecified atom stereocenters. The first-order chi connectivity index (χ1) is 10.0. The van der Waals surface area contributed by atoms with Crippen molar-refractivity contribution in [3.8, 4) is 0 Å². The molecule has 0 saturated carbocycles. The number of benzene rings is 1. The largest absolute Gasteiger partial charge is 0.418 e. The van der Waals surface area contributed by atoms with E-state index in [2.05, 4.69) is 60.2 Å². The van der Waals surface area contributed by atoms with E-state index in [9.17, 15) is 0 Å². The topological polar surface area (TPSA) is 24.5 Å². The lowest BCUT2D eigenvalue weighted by Gasteiger charge is -2.34. The molecular weight excluding hydrogens is 276 g/mol. The lowest BCUT2D eigenvalue weighted by molar-refractivity contribution is 0.180. The molecule has 1 atom stereocenters. The Morgan fingerprint density at radius 3 is 2.71 bits per heavy atom. The minimum Gasteiger partial charge on any atom is -0.418 e. The van der Waals surface area contributed by atoms with Gasteiger partial charge in [0.2, 0.25) is 0 Å². The second kappa shape index (κ2) is 8.08. The molecule has 1 aliphatic heterocycles. The first kappa shape index (κ1) is 16.7. The number of piperazine rings is 1. The van der Waals surface area contributed by atoms with Crippen LogP contribution in [-0.4, -0.2) is 45.5 Å². The average molecular weight is 307 g/mol. The highest BCUT2D eigenvalue weighted by Crippen LogP contribution is 2.11. The zero-order valence-electron chi connectivity index (χ0n) is 13.8. The second-order valence-corrected chi connectivity index (χ2v) is 11.5. The van der Waals surface area contributed by atoms with Crippen molar-refractivity contribution in [2.24, 2.45) is 0 Å². The van der Waals surface area contributed by atoms with Crippen LogP contribution >= 0.6 is 0 Å². The van der Waals surface area contributed by atoms with Gasteiger partial charge >= 0.3 is 0 Å². The van der Waals surface area contributed by atoms with Gasteiger partial charge in [0.25, 0.3) is 0 Å². The van der Waals surface area contributed by atoms with E-state index in [1.807, 2.05) is 0 Å². The van der Waals surface area contributed by atoms with E-state index in [4.69, 9.17) is 4.43 Å². The van der Waals surface area contributed by atoms with Gasteiger partial charge in [0.1, 0.15) is 0 Å². The quantitative estimate of drug-likeness (QED) is 0.619. The summed E-state index contributed by atoms with van der Waals surface area (Å²) in [6.45, 7) is 12.2. The van der Waals surface area contributed by atoms with E-state index >= 15 is 0 Å². The molecule has 1 N–H and O–H groups in total. The predicted molar refractivity (Wildman–Crippen MR) is 92.0 cm³/mol. The predicted octanol–water partition coefficient (Wildman–Crippen LogP) is 3.09. The van der Waals surface area contributed by atoms with Gasteiger partial charge in [-0.15, -0.1) is 0 Å². The summed E-state index contributed by atoms with van der Waals surface area (Å²) >= 11 is 0. The molecule has 1 aromatic rings. The Morgan fingerprint density at radius 2 is 2.00 bits per heavy atom. The summed E-state index contributed by atoms with van der Waals surface area (Å²) in [4.78, 5) is 2.57. The summed E-state index contributed by atoms with van der Waals surface area (Å²) in [5.41, 5.74) is 1.42. The van der Waals surface area contributed by atoms with Crippen molar-refractivity contribution in [1.82, 2.24) is 10.2 Å². The van der Waals surface area contributed by atoms with E-state index in [0.29, 0.717) is 6.04 Å². The molecule has 1 fully saturated rings. The number of nitrogens with zero attached hydrogens (tertiary/aromatic N) is 1. The summed E-state index contributed by atoms with van der Waals surface area (Å²) in [7, 11) is -1.34. The fraction of sp³-hybridized carbons (Fsp3) is 0.647. The van der Waals surface area contributed by atoms with Gasteiger partial charge in [-0.1, -0.05) is 30.3 Å². The molecular formula is C17H30N2OSi. The van der Waals surface area contributed by atoms with Crippen LogP contribution in [-0.2, 0) is 11.0 Å². The number of hydrogen-bond acceptors (Lipinski definition) is 3. The zero-order valence-corrected chi connectivity index (χ0v) is 14.8. The molecule has 0 aliphatic carbocycles. The van der Waals surface area contributed by atoms with Gasteiger partial charge in [-0.3, -0.25) is 4.90 Å². The minimum absolute atomic E-state index is 0.618. The summed E-state index contributed by atoms with van der Waals surface area (Å²) in [6.07, 6.45) is 2.39. The van der Waals surface area contributed by atoms with Gasteiger partial charge in [-0.05, 0) is 38.0 Å². The van der Waals surface area contributed by atoms with Crippen LogP contribution in [0.25, 0.3) is 0 Å². The molecule has 1 saturated heterocycles. The number of rotatable bonds is 7. The van der Waals surface area contributed by atoms with E-state index in [0.717, 1.165) is 32.8 Å². The monoisotopic (exact) mass is 306 g/mol. The van der Waals surface area contributed by atoms with Gasteiger partial charge in [-0.25, -0.2) is 0 Å². The molecule has 3 nitrogen and oxygen atoms in total. The molecule has 0 bridgehead atoms. The average Bonchev–Trinajstić information content (AvgIpc) is 2.44. The molecule has 1 aromatic carbocycles. The first-order valence-electron chi connectivity index (χ1n) is 8.16. The molecule has 0 aromatic heterocycles. The Bertz CT molecular complexity index is 405. The third-order valence-electron chi connectivity index (χ3n) is 3.82. The lowest BCUT2D eigenvalue weighted by atomic mass is 10.1. The Kier molecular flexibility index (Phi) is 6.42. The highest BCUT2D eigenvalue weighted by molar-refractivity contribution is 6.69. The van der Waals surface area contributed by atoms with Gasteiger partial charge in [0, 0.05) is 38.8 Å². The first-order valence-corrected chi connectivity index (χ1v) is 11.6. The van der Waals surface area contributed by atoms with Crippen molar-refractivity contribution in [2.75, 3.05) is 26.2 Å². The van der Waals surface area contributed by atoms with Gasteiger partial charge < -0.3 is 9.74 Å². The summed E-state index contributed by atoms with van der Waals surface area (Å²) in [5, 5.41) is 3.65. The van der Waals surface area contributed by atoms with Crippen LogP contribution in [0, 0.1) is 0 Å². The van der Waals surface area contributed by atoms with Crippen molar-refractivity contribution in [3.63, 3.8) is 0 Å². The molecule has 1 aliphatic rings. The van der Waals surface area contributed by atoms with Crippen LogP contribution in [0.1, 0.15) is 18.4 Å². The molecule has 0 spiro atoms. The lowest BCUT2D eigenvalue weighted by Crippen LogP contribution is -2.50. The van der Waals surface area contributed by atoms with Crippen LogP contribution < -0.4 is 5.32 Å². The molecule has 118 valence electrons. The highest BCUT2D eigenvalue weighted by Gasteiger charge is 2.19. The number of nitrogens with one attached hydrogen (secondary N) is 1. The fourth-order valence-corrected chi connectivity index (χ4v) is 3.54. The molecule has 4 heteroatoms. The van der Waals surface area contributed by atoms with Crippen molar-refractivity contribution in [3.05, 3.63) is 35.9 Å². The van der Waals surface area contributed by atoms with Crippen molar-refractivity contribution >= 4 is 8.32 Å². The molecule has 0 radical (unpaired) electrons. The smallest absolute Gasteiger partial charge is 0.183 e. The van der Waals surface area contributed by atoms with E-state index < -0.39 is 8.32 Å². The van der Waals surface area contributed by atoms with Crippen molar-refractivity contribution in [2.45, 2.75) is 45.1 Å². The summed E-state index contributed by atoms with van der Waals surface area (Å²) in [6, 6.07) is 11.4. The normalized spacial score (nSPS) is 20.6. The maximum Gasteiger partial charge on any atom is 0.183 e. The van der Waals surface area contributed by atoms with Crippen LogP contribution in [0.5, 0.6) is 0 Å². The van der Waals surface area contributed by atoms with Crippen LogP contribution in [0.4, 0.5) is 0 Å². The van der Waals surface area contributed by atoms with Crippen LogP contribution in [0.3, 0.4) is 0 Å². The van der Waals surface area contributed by atoms with Crippen molar-refractivity contribution in [1.29, 1.82) is 0 Å². The Labute approximate surface area is 130 Å². The van der Waals surface area contributed by atoms with Gasteiger partial charge in [0.15, 0.2) is 8.32 Å². The standard InChI is InChI=1S/C17H30N2OSi/c1-21(2,3)20-13-7-10-17-15-19(12-11-18-17)14-16-8-5-4-6-9-16/h4-6,8-9,17-18H,7,10-15H2,1-3H3/t17-/m0/s1. The molecule has 2 rings (SSSR count). The molecule has 1 heterocycles. The van der Waals surface area contributed by atoms with Gasteiger partial charge in [-0.2, -0.15) is 0 Å². The molecule has 0 amide bonds. The third kappa shape index (κ3) is 6.74. The SMILES string of the molecule is C[Si](C)(C)OCCC[C@H]1CN(Cc2ccccc2)CCN1. The van der Waals surface area contributed by atoms with Gasteiger partial charge in [0.05, 0.1) is 0 Å².